The molecule has 0 spiro atoms. The van der Waals surface area contributed by atoms with E-state index in [4.69, 9.17) is 4.74 Å². The van der Waals surface area contributed by atoms with Crippen LogP contribution in [0.3, 0.4) is 0 Å². The van der Waals surface area contributed by atoms with Crippen LogP contribution in [0.5, 0.6) is 5.75 Å². The summed E-state index contributed by atoms with van der Waals surface area (Å²) in [7, 11) is 0. The molecule has 1 aliphatic carbocycles. The lowest BCUT2D eigenvalue weighted by molar-refractivity contribution is 0.140. The molecule has 2 aliphatic rings. The number of rotatable bonds is 6. The number of hydrogen-bond acceptors (Lipinski definition) is 4. The number of anilines is 1. The number of ether oxygens (including phenoxy) is 1. The molecule has 0 N–H and O–H groups in total. The molecule has 28 heavy (non-hydrogen) atoms. The van der Waals surface area contributed by atoms with E-state index < -0.39 is 6.67 Å². The normalized spacial score (nSPS) is 23.5. The molecule has 0 amide bonds. The Labute approximate surface area is 167 Å². The molecule has 0 atom stereocenters. The van der Waals surface area contributed by atoms with Gasteiger partial charge in [-0.3, -0.25) is 9.88 Å². The van der Waals surface area contributed by atoms with Crippen molar-refractivity contribution in [2.75, 3.05) is 44.4 Å². The third kappa shape index (κ3) is 4.46. The molecule has 4 nitrogen and oxygen atoms in total. The summed E-state index contributed by atoms with van der Waals surface area (Å²) in [6.45, 7) is 4.15. The Balaban J connectivity index is 1.29. The molecule has 0 bridgehead atoms. The van der Waals surface area contributed by atoms with Crippen molar-refractivity contribution >= 4 is 5.69 Å². The Morgan fingerprint density at radius 2 is 1.64 bits per heavy atom. The smallest absolute Gasteiger partial charge is 0.123 e. The summed E-state index contributed by atoms with van der Waals surface area (Å²) in [4.78, 5) is 9.26. The summed E-state index contributed by atoms with van der Waals surface area (Å²) in [6, 6.07) is 13.1. The van der Waals surface area contributed by atoms with Crippen molar-refractivity contribution in [2.45, 2.75) is 37.6 Å². The van der Waals surface area contributed by atoms with Crippen molar-refractivity contribution in [1.82, 2.24) is 9.88 Å². The minimum Gasteiger partial charge on any atom is -0.491 e. The summed E-state index contributed by atoms with van der Waals surface area (Å²) in [6.07, 6.45) is 8.58. The third-order valence-corrected chi connectivity index (χ3v) is 6.25. The molecule has 4 rings (SSSR count). The molecule has 1 aromatic carbocycles. The zero-order valence-corrected chi connectivity index (χ0v) is 16.5. The predicted octanol–water partition coefficient (Wildman–Crippen LogP) is 4.28. The van der Waals surface area contributed by atoms with Crippen LogP contribution in [0, 0.1) is 0 Å². The van der Waals surface area contributed by atoms with E-state index in [2.05, 4.69) is 39.0 Å². The summed E-state index contributed by atoms with van der Waals surface area (Å²) in [5.74, 6) is 1.40. The molecule has 1 aliphatic heterocycles. The number of pyridine rings is 1. The lowest BCUT2D eigenvalue weighted by Crippen LogP contribution is -2.51. The molecular weight excluding hydrogens is 353 g/mol. The van der Waals surface area contributed by atoms with Crippen molar-refractivity contribution in [2.24, 2.45) is 0 Å². The van der Waals surface area contributed by atoms with Crippen LogP contribution in [-0.2, 0) is 0 Å². The Hall–Kier alpha value is -2.14. The summed E-state index contributed by atoms with van der Waals surface area (Å²) >= 11 is 0. The van der Waals surface area contributed by atoms with E-state index >= 15 is 0 Å². The topological polar surface area (TPSA) is 28.6 Å². The van der Waals surface area contributed by atoms with Gasteiger partial charge in [0.05, 0.1) is 0 Å². The maximum absolute atomic E-state index is 12.5. The van der Waals surface area contributed by atoms with Crippen LogP contribution in [0.1, 0.15) is 37.2 Å². The number of benzene rings is 1. The number of piperazine rings is 1. The van der Waals surface area contributed by atoms with Crippen molar-refractivity contribution < 1.29 is 9.13 Å². The minimum atomic E-state index is -0.438. The first kappa shape index (κ1) is 19.2. The van der Waals surface area contributed by atoms with Crippen LogP contribution < -0.4 is 9.64 Å². The Kier molecular flexibility index (Phi) is 6.42. The Bertz CT molecular complexity index is 726. The number of aromatic nitrogens is 1. The van der Waals surface area contributed by atoms with Gasteiger partial charge in [-0.05, 0) is 55.4 Å². The van der Waals surface area contributed by atoms with Gasteiger partial charge in [0, 0.05) is 50.3 Å². The zero-order valence-electron chi connectivity index (χ0n) is 16.5. The highest BCUT2D eigenvalue weighted by Gasteiger charge is 2.29. The highest BCUT2D eigenvalue weighted by atomic mass is 19.1. The summed E-state index contributed by atoms with van der Waals surface area (Å²) in [5, 5.41) is 0. The van der Waals surface area contributed by atoms with Gasteiger partial charge in [-0.2, -0.15) is 0 Å². The monoisotopic (exact) mass is 383 g/mol. The fourth-order valence-corrected chi connectivity index (χ4v) is 4.75. The van der Waals surface area contributed by atoms with Gasteiger partial charge in [0.1, 0.15) is 19.0 Å². The fourth-order valence-electron chi connectivity index (χ4n) is 4.75. The first-order valence-corrected chi connectivity index (χ1v) is 10.5. The van der Waals surface area contributed by atoms with Gasteiger partial charge in [-0.15, -0.1) is 0 Å². The maximum Gasteiger partial charge on any atom is 0.123 e. The molecule has 0 radical (unpaired) electrons. The molecule has 2 aromatic rings. The molecule has 150 valence electrons. The number of nitrogens with zero attached hydrogens (tertiary/aromatic N) is 3. The van der Waals surface area contributed by atoms with Crippen molar-refractivity contribution in [3.05, 3.63) is 54.4 Å². The Morgan fingerprint density at radius 3 is 2.36 bits per heavy atom. The maximum atomic E-state index is 12.5. The van der Waals surface area contributed by atoms with Gasteiger partial charge in [0.2, 0.25) is 0 Å². The van der Waals surface area contributed by atoms with Gasteiger partial charge >= 0.3 is 0 Å². The van der Waals surface area contributed by atoms with Crippen LogP contribution in [0.15, 0.2) is 48.8 Å². The van der Waals surface area contributed by atoms with Crippen LogP contribution in [0.2, 0.25) is 0 Å². The average molecular weight is 384 g/mol. The molecule has 1 saturated heterocycles. The highest BCUT2D eigenvalue weighted by molar-refractivity contribution is 5.45. The minimum absolute atomic E-state index is 0.147. The largest absolute Gasteiger partial charge is 0.491 e. The number of para-hydroxylation sites is 1. The molecule has 2 fully saturated rings. The van der Waals surface area contributed by atoms with Gasteiger partial charge in [-0.1, -0.05) is 18.2 Å². The van der Waals surface area contributed by atoms with Crippen molar-refractivity contribution in [1.29, 1.82) is 0 Å². The van der Waals surface area contributed by atoms with E-state index in [1.165, 1.54) is 36.9 Å². The van der Waals surface area contributed by atoms with Gasteiger partial charge in [0.15, 0.2) is 0 Å². The van der Waals surface area contributed by atoms with Gasteiger partial charge in [-0.25, -0.2) is 4.39 Å². The zero-order chi connectivity index (χ0) is 19.2. The first-order valence-electron chi connectivity index (χ1n) is 10.5. The van der Waals surface area contributed by atoms with Crippen molar-refractivity contribution in [3.63, 3.8) is 0 Å². The molecule has 0 unspecified atom stereocenters. The fraction of sp³-hybridized carbons (Fsp3) is 0.522. The number of halogens is 1. The van der Waals surface area contributed by atoms with E-state index in [9.17, 15) is 4.39 Å². The second-order valence-corrected chi connectivity index (χ2v) is 7.81. The second kappa shape index (κ2) is 9.37. The second-order valence-electron chi connectivity index (χ2n) is 7.81. The summed E-state index contributed by atoms with van der Waals surface area (Å²) < 4.78 is 18.1. The first-order chi connectivity index (χ1) is 13.8. The lowest BCUT2D eigenvalue weighted by atomic mass is 9.80. The highest BCUT2D eigenvalue weighted by Crippen LogP contribution is 2.39. The molecular formula is C23H30FN3O. The number of hydrogen-bond donors (Lipinski definition) is 0. The average Bonchev–Trinajstić information content (AvgIpc) is 2.79. The molecule has 2 heterocycles. The van der Waals surface area contributed by atoms with Crippen molar-refractivity contribution in [3.8, 4) is 5.75 Å². The predicted molar refractivity (Wildman–Crippen MR) is 111 cm³/mol. The van der Waals surface area contributed by atoms with Crippen LogP contribution in [0.25, 0.3) is 0 Å². The molecule has 5 heteroatoms. The lowest BCUT2D eigenvalue weighted by Gasteiger charge is -2.42. The Morgan fingerprint density at radius 1 is 0.929 bits per heavy atom. The van der Waals surface area contributed by atoms with Crippen LogP contribution in [0.4, 0.5) is 10.1 Å². The van der Waals surface area contributed by atoms with Crippen LogP contribution in [-0.4, -0.2) is 55.4 Å². The van der Waals surface area contributed by atoms with E-state index in [0.717, 1.165) is 31.9 Å². The standard InChI is InChI=1S/C23H30FN3O/c24-11-18-28-23-4-2-1-3-22(23)19-5-7-20(8-6-19)26-14-16-27(17-15-26)21-9-12-25-13-10-21/h1-4,9-10,12-13,19-20H,5-8,11,14-18H2. The summed E-state index contributed by atoms with van der Waals surface area (Å²) in [5.41, 5.74) is 2.54. The van der Waals surface area contributed by atoms with Gasteiger partial charge < -0.3 is 9.64 Å². The van der Waals surface area contributed by atoms with E-state index in [0.29, 0.717) is 12.0 Å². The SMILES string of the molecule is FCCOc1ccccc1C1CCC(N2CCN(c3ccncc3)CC2)CC1. The quantitative estimate of drug-likeness (QED) is 0.744. The van der Waals surface area contributed by atoms with E-state index in [1.54, 1.807) is 0 Å². The molecule has 1 aromatic heterocycles. The number of alkyl halides is 1. The van der Waals surface area contributed by atoms with Crippen LogP contribution >= 0.6 is 0 Å². The van der Waals surface area contributed by atoms with E-state index in [1.807, 2.05) is 24.5 Å². The van der Waals surface area contributed by atoms with E-state index in [-0.39, 0.29) is 6.61 Å². The molecule has 1 saturated carbocycles. The van der Waals surface area contributed by atoms with Gasteiger partial charge in [0.25, 0.3) is 0 Å². The third-order valence-electron chi connectivity index (χ3n) is 6.25.